The fraction of sp³-hybridized carbons (Fsp3) is 0.143. The number of nitrogens with one attached hydrogen (secondary N) is 1. The van der Waals surface area contributed by atoms with Crippen molar-refractivity contribution < 1.29 is 32.5 Å². The Morgan fingerprint density at radius 2 is 1.79 bits per heavy atom. The zero-order chi connectivity index (χ0) is 27.8. The van der Waals surface area contributed by atoms with Gasteiger partial charge in [0.05, 0.1) is 16.7 Å². The normalized spacial score (nSPS) is 15.8. The van der Waals surface area contributed by atoms with Crippen molar-refractivity contribution in [3.05, 3.63) is 52.3 Å². The number of halogens is 2. The maximum Gasteiger partial charge on any atom is 0.325 e. The number of carboxylic acids is 1. The molecule has 4 rings (SSSR count). The molecule has 0 bridgehead atoms. The summed E-state index contributed by atoms with van der Waals surface area (Å²) in [6.45, 7) is 0.721. The molecule has 0 aliphatic carbocycles. The fourth-order valence-electron chi connectivity index (χ4n) is 3.36. The summed E-state index contributed by atoms with van der Waals surface area (Å²) < 4.78 is 33.3. The average molecular weight is 580 g/mol. The van der Waals surface area contributed by atoms with Crippen LogP contribution in [-0.4, -0.2) is 69.1 Å². The van der Waals surface area contributed by atoms with Crippen molar-refractivity contribution in [3.8, 4) is 0 Å². The van der Waals surface area contributed by atoms with E-state index in [0.29, 0.717) is 16.0 Å². The van der Waals surface area contributed by atoms with Crippen LogP contribution < -0.4 is 5.32 Å². The van der Waals surface area contributed by atoms with E-state index in [1.54, 1.807) is 0 Å². The Bertz CT molecular complexity index is 1680. The maximum atomic E-state index is 12.8. The largest absolute Gasteiger partial charge is 0.480 e. The summed E-state index contributed by atoms with van der Waals surface area (Å²) in [5.74, 6) is -2.69. The summed E-state index contributed by atoms with van der Waals surface area (Å²) >= 11 is 11.7. The SMILES string of the molecule is CC1=NN(CC(=O)O)C(=O)C1N=Nc1cc(NC(=O)c2ccc3nc(Cl)c(Cl)nc3c2)ccc1S(=O)(=O)O. The highest BCUT2D eigenvalue weighted by Crippen LogP contribution is 2.30. The molecule has 3 N–H and O–H groups in total. The highest BCUT2D eigenvalue weighted by molar-refractivity contribution is 7.86. The Hall–Kier alpha value is -4.05. The van der Waals surface area contributed by atoms with Gasteiger partial charge in [0.2, 0.25) is 0 Å². The van der Waals surface area contributed by atoms with Gasteiger partial charge in [0.15, 0.2) is 16.3 Å². The Morgan fingerprint density at radius 1 is 1.11 bits per heavy atom. The molecule has 1 unspecified atom stereocenters. The van der Waals surface area contributed by atoms with Gasteiger partial charge in [0.1, 0.15) is 17.1 Å². The first kappa shape index (κ1) is 27.0. The lowest BCUT2D eigenvalue weighted by atomic mass is 10.1. The Labute approximate surface area is 223 Å². The van der Waals surface area contributed by atoms with Crippen LogP contribution in [-0.2, 0) is 19.7 Å². The van der Waals surface area contributed by atoms with Gasteiger partial charge in [0.25, 0.3) is 21.9 Å². The van der Waals surface area contributed by atoms with Gasteiger partial charge in [-0.05, 0) is 43.3 Å². The number of nitrogens with zero attached hydrogens (tertiary/aromatic N) is 6. The number of aromatic nitrogens is 2. The van der Waals surface area contributed by atoms with Gasteiger partial charge in [0, 0.05) is 11.3 Å². The summed E-state index contributed by atoms with van der Waals surface area (Å²) in [5.41, 5.74) is 0.672. The molecule has 3 aromatic rings. The second kappa shape index (κ2) is 10.4. The van der Waals surface area contributed by atoms with Crippen LogP contribution in [0.15, 0.2) is 56.6 Å². The third kappa shape index (κ3) is 5.75. The van der Waals surface area contributed by atoms with E-state index in [4.69, 9.17) is 28.3 Å². The van der Waals surface area contributed by atoms with Gasteiger partial charge >= 0.3 is 5.97 Å². The second-order valence-electron chi connectivity index (χ2n) is 7.77. The van der Waals surface area contributed by atoms with Crippen LogP contribution in [0.2, 0.25) is 10.3 Å². The zero-order valence-corrected chi connectivity index (χ0v) is 21.4. The van der Waals surface area contributed by atoms with Gasteiger partial charge in [-0.1, -0.05) is 23.2 Å². The molecular formula is C21H15Cl2N7O7S. The first-order valence-corrected chi connectivity index (χ1v) is 12.6. The van der Waals surface area contributed by atoms with Crippen molar-refractivity contribution in [2.45, 2.75) is 17.9 Å². The van der Waals surface area contributed by atoms with Crippen molar-refractivity contribution in [3.63, 3.8) is 0 Å². The smallest absolute Gasteiger partial charge is 0.325 e. The minimum atomic E-state index is -4.77. The van der Waals surface area contributed by atoms with Gasteiger partial charge in [-0.25, -0.2) is 15.0 Å². The van der Waals surface area contributed by atoms with E-state index in [1.807, 2.05) is 0 Å². The van der Waals surface area contributed by atoms with Gasteiger partial charge in [-0.15, -0.1) is 0 Å². The van der Waals surface area contributed by atoms with E-state index >= 15 is 0 Å². The summed E-state index contributed by atoms with van der Waals surface area (Å²) in [7, 11) is -4.77. The van der Waals surface area contributed by atoms with Gasteiger partial charge < -0.3 is 10.4 Å². The Morgan fingerprint density at radius 3 is 2.45 bits per heavy atom. The number of fused-ring (bicyclic) bond motifs is 1. The molecule has 17 heteroatoms. The minimum Gasteiger partial charge on any atom is -0.480 e. The number of rotatable bonds is 7. The molecule has 0 saturated heterocycles. The van der Waals surface area contributed by atoms with Crippen molar-refractivity contribution in [1.82, 2.24) is 15.0 Å². The Kier molecular flexibility index (Phi) is 7.37. The van der Waals surface area contributed by atoms with Crippen LogP contribution in [0.5, 0.6) is 0 Å². The molecule has 2 amide bonds. The number of azo groups is 1. The zero-order valence-electron chi connectivity index (χ0n) is 19.0. The molecule has 1 aliphatic rings. The molecule has 1 atom stereocenters. The predicted molar refractivity (Wildman–Crippen MR) is 135 cm³/mol. The lowest BCUT2D eigenvalue weighted by Crippen LogP contribution is -2.33. The number of benzene rings is 2. The molecule has 2 aromatic carbocycles. The molecule has 14 nitrogen and oxygen atoms in total. The van der Waals surface area contributed by atoms with Crippen LogP contribution in [0.4, 0.5) is 11.4 Å². The second-order valence-corrected chi connectivity index (χ2v) is 9.88. The van der Waals surface area contributed by atoms with E-state index in [2.05, 4.69) is 30.6 Å². The summed E-state index contributed by atoms with van der Waals surface area (Å²) in [4.78, 5) is 43.6. The highest BCUT2D eigenvalue weighted by atomic mass is 35.5. The number of hydrogen-bond acceptors (Lipinski definition) is 10. The third-order valence-corrected chi connectivity index (χ3v) is 6.59. The van der Waals surface area contributed by atoms with E-state index in [0.717, 1.165) is 12.1 Å². The van der Waals surface area contributed by atoms with Crippen LogP contribution in [0, 0.1) is 0 Å². The van der Waals surface area contributed by atoms with Crippen molar-refractivity contribution >= 4 is 79.2 Å². The van der Waals surface area contributed by atoms with E-state index in [1.165, 1.54) is 31.2 Å². The molecule has 1 aromatic heterocycles. The van der Waals surface area contributed by atoms with Crippen LogP contribution >= 0.6 is 23.2 Å². The molecule has 0 radical (unpaired) electrons. The molecule has 196 valence electrons. The molecule has 2 heterocycles. The van der Waals surface area contributed by atoms with Crippen molar-refractivity contribution in [2.24, 2.45) is 15.3 Å². The lowest BCUT2D eigenvalue weighted by Gasteiger charge is -2.10. The monoisotopic (exact) mass is 579 g/mol. The van der Waals surface area contributed by atoms with E-state index in [9.17, 15) is 27.4 Å². The number of carbonyl (C=O) groups excluding carboxylic acids is 2. The standard InChI is InChI=1S/C21H15Cl2N7O7S/c1-9-17(21(34)30(29-9)8-16(31)32)28-27-14-7-11(3-5-15(14)38(35,36)37)24-20(33)10-2-4-12-13(6-10)26-19(23)18(22)25-12/h2-7,17H,8H2,1H3,(H,24,33)(H,31,32)(H,35,36,37). The third-order valence-electron chi connectivity index (χ3n) is 5.07. The Balaban J connectivity index is 1.62. The number of amides is 2. The summed E-state index contributed by atoms with van der Waals surface area (Å²) in [5, 5.41) is 23.5. The number of aliphatic carboxylic acids is 1. The number of hydrogen-bond donors (Lipinski definition) is 3. The maximum absolute atomic E-state index is 12.8. The summed E-state index contributed by atoms with van der Waals surface area (Å²) in [6, 6.07) is 6.39. The van der Waals surface area contributed by atoms with Gasteiger partial charge in [-0.2, -0.15) is 23.7 Å². The van der Waals surface area contributed by atoms with Crippen molar-refractivity contribution in [1.29, 1.82) is 0 Å². The molecule has 0 fully saturated rings. The van der Waals surface area contributed by atoms with Gasteiger partial charge in [-0.3, -0.25) is 18.9 Å². The molecule has 0 spiro atoms. The fourth-order valence-corrected chi connectivity index (χ4v) is 4.23. The highest BCUT2D eigenvalue weighted by Gasteiger charge is 2.35. The molecule has 0 saturated carbocycles. The number of hydrazone groups is 1. The summed E-state index contributed by atoms with van der Waals surface area (Å²) in [6.07, 6.45) is 0. The minimum absolute atomic E-state index is 0.00681. The first-order chi connectivity index (χ1) is 17.8. The van der Waals surface area contributed by atoms with Crippen LogP contribution in [0.1, 0.15) is 17.3 Å². The topological polar surface area (TPSA) is 204 Å². The molecule has 38 heavy (non-hydrogen) atoms. The predicted octanol–water partition coefficient (Wildman–Crippen LogP) is 3.19. The van der Waals surface area contributed by atoms with Crippen LogP contribution in [0.25, 0.3) is 11.0 Å². The number of carbonyl (C=O) groups is 3. The number of anilines is 1. The van der Waals surface area contributed by atoms with E-state index < -0.39 is 51.1 Å². The van der Waals surface area contributed by atoms with E-state index in [-0.39, 0.29) is 27.3 Å². The lowest BCUT2D eigenvalue weighted by molar-refractivity contribution is -0.143. The quantitative estimate of drug-likeness (QED) is 0.277. The first-order valence-electron chi connectivity index (χ1n) is 10.4. The average Bonchev–Trinajstić information content (AvgIpc) is 3.08. The molecule has 1 aliphatic heterocycles. The molecular weight excluding hydrogens is 565 g/mol. The van der Waals surface area contributed by atoms with Crippen molar-refractivity contribution in [2.75, 3.05) is 11.9 Å². The number of carboxylic acid groups (broad SMARTS) is 1. The van der Waals surface area contributed by atoms with Crippen LogP contribution in [0.3, 0.4) is 0 Å².